The number of benzene rings is 1. The van der Waals surface area contributed by atoms with Crippen LogP contribution in [0.2, 0.25) is 0 Å². The molecule has 2 aromatic heterocycles. The van der Waals surface area contributed by atoms with E-state index >= 15 is 0 Å². The van der Waals surface area contributed by atoms with Crippen molar-refractivity contribution < 1.29 is 0 Å². The first-order valence-corrected chi connectivity index (χ1v) is 6.62. The standard InChI is InChI=1S/C14H16N6O/c1-8(15)10-5-3-4-6-11(10)17-12-7-13-18-19-14(21)20(13)9(2)16-12/h3-8,17H,15H2,1-2H3,(H,19,21). The number of H-pyrrole nitrogens is 1. The van der Waals surface area contributed by atoms with Gasteiger partial charge in [-0.15, -0.1) is 0 Å². The number of aromatic amines is 1. The number of nitrogens with one attached hydrogen (secondary N) is 2. The van der Waals surface area contributed by atoms with Gasteiger partial charge in [0.2, 0.25) is 0 Å². The fraction of sp³-hybridized carbons (Fsp3) is 0.214. The van der Waals surface area contributed by atoms with Crippen LogP contribution in [-0.4, -0.2) is 19.6 Å². The lowest BCUT2D eigenvalue weighted by molar-refractivity contribution is 0.820. The summed E-state index contributed by atoms with van der Waals surface area (Å²) in [5, 5.41) is 9.60. The van der Waals surface area contributed by atoms with Crippen LogP contribution >= 0.6 is 0 Å². The molecule has 0 saturated heterocycles. The zero-order chi connectivity index (χ0) is 15.0. The fourth-order valence-corrected chi connectivity index (χ4v) is 2.31. The Hall–Kier alpha value is -2.67. The highest BCUT2D eigenvalue weighted by Crippen LogP contribution is 2.24. The van der Waals surface area contributed by atoms with Gasteiger partial charge in [-0.2, -0.15) is 5.10 Å². The van der Waals surface area contributed by atoms with Gasteiger partial charge in [-0.1, -0.05) is 18.2 Å². The Balaban J connectivity index is 2.05. The topological polar surface area (TPSA) is 101 Å². The number of anilines is 2. The van der Waals surface area contributed by atoms with Gasteiger partial charge in [-0.25, -0.2) is 19.3 Å². The van der Waals surface area contributed by atoms with Crippen molar-refractivity contribution in [1.82, 2.24) is 19.6 Å². The molecule has 3 rings (SSSR count). The summed E-state index contributed by atoms with van der Waals surface area (Å²) in [4.78, 5) is 16.0. The molecule has 2 heterocycles. The summed E-state index contributed by atoms with van der Waals surface area (Å²) < 4.78 is 1.42. The third-order valence-electron chi connectivity index (χ3n) is 3.28. The molecular weight excluding hydrogens is 268 g/mol. The highest BCUT2D eigenvalue weighted by Gasteiger charge is 2.10. The van der Waals surface area contributed by atoms with Gasteiger partial charge in [0.15, 0.2) is 5.65 Å². The molecule has 0 radical (unpaired) electrons. The number of rotatable bonds is 3. The lowest BCUT2D eigenvalue weighted by Gasteiger charge is -2.14. The fourth-order valence-electron chi connectivity index (χ4n) is 2.31. The van der Waals surface area contributed by atoms with Crippen LogP contribution < -0.4 is 16.7 Å². The van der Waals surface area contributed by atoms with Crippen LogP contribution in [0.5, 0.6) is 0 Å². The van der Waals surface area contributed by atoms with Crippen molar-refractivity contribution in [1.29, 1.82) is 0 Å². The van der Waals surface area contributed by atoms with Crippen molar-refractivity contribution in [3.8, 4) is 0 Å². The van der Waals surface area contributed by atoms with E-state index < -0.39 is 0 Å². The Labute approximate surface area is 120 Å². The lowest BCUT2D eigenvalue weighted by atomic mass is 10.1. The van der Waals surface area contributed by atoms with Crippen LogP contribution in [0.15, 0.2) is 35.1 Å². The van der Waals surface area contributed by atoms with Gasteiger partial charge in [0.25, 0.3) is 0 Å². The number of para-hydroxylation sites is 1. The molecule has 7 heteroatoms. The quantitative estimate of drug-likeness (QED) is 0.676. The summed E-state index contributed by atoms with van der Waals surface area (Å²) in [5.41, 5.74) is 8.08. The number of aryl methyl sites for hydroxylation is 1. The van der Waals surface area contributed by atoms with Gasteiger partial charge in [0, 0.05) is 17.8 Å². The first-order chi connectivity index (χ1) is 10.1. The number of aromatic nitrogens is 4. The van der Waals surface area contributed by atoms with Crippen molar-refractivity contribution in [3.05, 3.63) is 52.2 Å². The minimum absolute atomic E-state index is 0.0912. The van der Waals surface area contributed by atoms with E-state index in [9.17, 15) is 4.79 Å². The van der Waals surface area contributed by atoms with E-state index in [2.05, 4.69) is 20.5 Å². The first kappa shape index (κ1) is 13.3. The second-order valence-electron chi connectivity index (χ2n) is 4.91. The van der Waals surface area contributed by atoms with Crippen molar-refractivity contribution >= 4 is 17.2 Å². The first-order valence-electron chi connectivity index (χ1n) is 6.62. The van der Waals surface area contributed by atoms with Gasteiger partial charge < -0.3 is 11.1 Å². The number of hydrogen-bond donors (Lipinski definition) is 3. The Bertz CT molecular complexity index is 848. The molecule has 21 heavy (non-hydrogen) atoms. The molecule has 0 spiro atoms. The molecule has 0 aliphatic carbocycles. The third kappa shape index (κ3) is 2.38. The van der Waals surface area contributed by atoms with E-state index in [1.54, 1.807) is 13.0 Å². The van der Waals surface area contributed by atoms with Gasteiger partial charge in [-0.3, -0.25) is 0 Å². The SMILES string of the molecule is Cc1nc(Nc2ccccc2C(C)N)cc2n[nH]c(=O)n12. The molecule has 1 aromatic carbocycles. The molecule has 3 aromatic rings. The van der Waals surface area contributed by atoms with E-state index in [4.69, 9.17) is 5.73 Å². The molecule has 7 nitrogen and oxygen atoms in total. The van der Waals surface area contributed by atoms with Gasteiger partial charge >= 0.3 is 5.69 Å². The molecule has 0 fully saturated rings. The van der Waals surface area contributed by atoms with E-state index in [-0.39, 0.29) is 11.7 Å². The number of nitrogens with two attached hydrogens (primary N) is 1. The normalized spacial score (nSPS) is 12.5. The predicted octanol–water partition coefficient (Wildman–Crippen LogP) is 1.49. The zero-order valence-corrected chi connectivity index (χ0v) is 11.8. The van der Waals surface area contributed by atoms with Crippen LogP contribution in [0.1, 0.15) is 24.4 Å². The highest BCUT2D eigenvalue weighted by atomic mass is 16.1. The summed E-state index contributed by atoms with van der Waals surface area (Å²) >= 11 is 0. The number of hydrogen-bond acceptors (Lipinski definition) is 5. The van der Waals surface area contributed by atoms with Crippen LogP contribution in [0.3, 0.4) is 0 Å². The van der Waals surface area contributed by atoms with E-state index in [0.29, 0.717) is 17.3 Å². The summed E-state index contributed by atoms with van der Waals surface area (Å²) in [6.45, 7) is 3.68. The van der Waals surface area contributed by atoms with Gasteiger partial charge in [-0.05, 0) is 25.5 Å². The molecule has 0 amide bonds. The van der Waals surface area contributed by atoms with Gasteiger partial charge in [0.1, 0.15) is 11.6 Å². The zero-order valence-electron chi connectivity index (χ0n) is 11.8. The predicted molar refractivity (Wildman–Crippen MR) is 80.7 cm³/mol. The Morgan fingerprint density at radius 1 is 1.38 bits per heavy atom. The van der Waals surface area contributed by atoms with E-state index in [1.807, 2.05) is 31.2 Å². The third-order valence-corrected chi connectivity index (χ3v) is 3.28. The van der Waals surface area contributed by atoms with Crippen LogP contribution in [0.25, 0.3) is 5.65 Å². The second-order valence-corrected chi connectivity index (χ2v) is 4.91. The van der Waals surface area contributed by atoms with Crippen LogP contribution in [0, 0.1) is 6.92 Å². The molecule has 0 aliphatic rings. The molecule has 4 N–H and O–H groups in total. The van der Waals surface area contributed by atoms with Crippen molar-refractivity contribution in [3.63, 3.8) is 0 Å². The molecule has 0 saturated carbocycles. The molecule has 0 bridgehead atoms. The van der Waals surface area contributed by atoms with Crippen molar-refractivity contribution in [2.75, 3.05) is 5.32 Å². The Morgan fingerprint density at radius 3 is 2.90 bits per heavy atom. The van der Waals surface area contributed by atoms with Crippen LogP contribution in [-0.2, 0) is 0 Å². The summed E-state index contributed by atoms with van der Waals surface area (Å²) in [6, 6.07) is 9.40. The summed E-state index contributed by atoms with van der Waals surface area (Å²) in [5.74, 6) is 1.18. The second kappa shape index (κ2) is 5.02. The maximum atomic E-state index is 11.6. The van der Waals surface area contributed by atoms with Crippen molar-refractivity contribution in [2.24, 2.45) is 5.73 Å². The van der Waals surface area contributed by atoms with E-state index in [1.165, 1.54) is 4.40 Å². The van der Waals surface area contributed by atoms with Crippen LogP contribution in [0.4, 0.5) is 11.5 Å². The Kier molecular flexibility index (Phi) is 3.19. The smallest absolute Gasteiger partial charge is 0.340 e. The average molecular weight is 284 g/mol. The summed E-state index contributed by atoms with van der Waals surface area (Å²) in [7, 11) is 0. The molecule has 108 valence electrons. The minimum Gasteiger partial charge on any atom is -0.340 e. The molecule has 1 unspecified atom stereocenters. The average Bonchev–Trinajstić information content (AvgIpc) is 2.81. The maximum Gasteiger partial charge on any atom is 0.349 e. The Morgan fingerprint density at radius 2 is 2.14 bits per heavy atom. The van der Waals surface area contributed by atoms with Crippen molar-refractivity contribution in [2.45, 2.75) is 19.9 Å². The van der Waals surface area contributed by atoms with Gasteiger partial charge in [0.05, 0.1) is 0 Å². The molecule has 0 aliphatic heterocycles. The summed E-state index contributed by atoms with van der Waals surface area (Å²) in [6.07, 6.45) is 0. The maximum absolute atomic E-state index is 11.6. The number of fused-ring (bicyclic) bond motifs is 1. The minimum atomic E-state index is -0.294. The lowest BCUT2D eigenvalue weighted by Crippen LogP contribution is -2.14. The van der Waals surface area contributed by atoms with E-state index in [0.717, 1.165) is 11.3 Å². The highest BCUT2D eigenvalue weighted by molar-refractivity contribution is 5.63. The largest absolute Gasteiger partial charge is 0.349 e. The number of nitrogens with zero attached hydrogens (tertiary/aromatic N) is 3. The molecule has 1 atom stereocenters. The monoisotopic (exact) mass is 284 g/mol. The molecular formula is C14H16N6O.